The summed E-state index contributed by atoms with van der Waals surface area (Å²) in [6.07, 6.45) is 4.83. The van der Waals surface area contributed by atoms with E-state index in [9.17, 15) is 4.79 Å². The first-order chi connectivity index (χ1) is 8.20. The van der Waals surface area contributed by atoms with Crippen molar-refractivity contribution in [1.29, 1.82) is 0 Å². The Labute approximate surface area is 102 Å². The average Bonchev–Trinajstić information content (AvgIpc) is 2.39. The van der Waals surface area contributed by atoms with E-state index in [1.807, 2.05) is 0 Å². The molecule has 1 aliphatic carbocycles. The Kier molecular flexibility index (Phi) is 3.62. The fraction of sp³-hybridized carbons (Fsp3) is 0.400. The first-order valence-electron chi connectivity index (χ1n) is 6.04. The zero-order valence-electron chi connectivity index (χ0n) is 10.4. The molecular weight excluding hydrogens is 212 g/mol. The minimum atomic E-state index is -0.0794. The van der Waals surface area contributed by atoms with E-state index in [-0.39, 0.29) is 11.9 Å². The van der Waals surface area contributed by atoms with Crippen molar-refractivity contribution < 1.29 is 9.53 Å². The van der Waals surface area contributed by atoms with Crippen molar-refractivity contribution in [2.24, 2.45) is 5.92 Å². The Morgan fingerprint density at radius 1 is 1.29 bits per heavy atom. The molecule has 2 heteroatoms. The van der Waals surface area contributed by atoms with Gasteiger partial charge in [-0.3, -0.25) is 4.79 Å². The molecule has 0 saturated heterocycles. The van der Waals surface area contributed by atoms with E-state index in [2.05, 4.69) is 37.3 Å². The van der Waals surface area contributed by atoms with Crippen LogP contribution in [0.15, 0.2) is 30.3 Å². The molecule has 0 bridgehead atoms. The van der Waals surface area contributed by atoms with Crippen LogP contribution >= 0.6 is 0 Å². The molecule has 0 heterocycles. The van der Waals surface area contributed by atoms with Gasteiger partial charge in [-0.1, -0.05) is 35.9 Å². The summed E-state index contributed by atoms with van der Waals surface area (Å²) in [6.45, 7) is 2.09. The van der Waals surface area contributed by atoms with Crippen molar-refractivity contribution in [2.45, 2.75) is 26.2 Å². The lowest BCUT2D eigenvalue weighted by molar-refractivity contribution is -0.145. The number of hydrogen-bond acceptors (Lipinski definition) is 2. The van der Waals surface area contributed by atoms with Crippen molar-refractivity contribution in [2.75, 3.05) is 7.11 Å². The molecule has 1 aliphatic rings. The lowest BCUT2D eigenvalue weighted by Crippen LogP contribution is -2.18. The first kappa shape index (κ1) is 11.9. The Morgan fingerprint density at radius 3 is 2.53 bits per heavy atom. The number of benzene rings is 1. The highest BCUT2D eigenvalue weighted by molar-refractivity contribution is 5.75. The van der Waals surface area contributed by atoms with Crippen LogP contribution in [-0.4, -0.2) is 13.1 Å². The van der Waals surface area contributed by atoms with Gasteiger partial charge < -0.3 is 4.74 Å². The Morgan fingerprint density at radius 2 is 2.00 bits per heavy atom. The second-order valence-electron chi connectivity index (χ2n) is 4.59. The van der Waals surface area contributed by atoms with Crippen LogP contribution in [0.4, 0.5) is 0 Å². The van der Waals surface area contributed by atoms with Crippen molar-refractivity contribution in [3.8, 4) is 0 Å². The van der Waals surface area contributed by atoms with E-state index in [1.54, 1.807) is 0 Å². The average molecular weight is 230 g/mol. The van der Waals surface area contributed by atoms with Gasteiger partial charge in [-0.2, -0.15) is 0 Å². The van der Waals surface area contributed by atoms with Crippen molar-refractivity contribution in [3.05, 3.63) is 41.5 Å². The molecule has 1 unspecified atom stereocenters. The molecule has 0 radical (unpaired) electrons. The molecule has 1 aromatic carbocycles. The lowest BCUT2D eigenvalue weighted by Gasteiger charge is -2.20. The summed E-state index contributed by atoms with van der Waals surface area (Å²) in [5.41, 5.74) is 3.90. The second kappa shape index (κ2) is 5.17. The molecule has 1 atom stereocenters. The number of allylic oxidation sites excluding steroid dienone is 2. The SMILES string of the molecule is COC(=O)C1CC=C(c2ccc(C)cc2)CC1. The second-order valence-corrected chi connectivity index (χ2v) is 4.59. The monoisotopic (exact) mass is 230 g/mol. The molecule has 1 aromatic rings. The van der Waals surface area contributed by atoms with Crippen molar-refractivity contribution in [1.82, 2.24) is 0 Å². The van der Waals surface area contributed by atoms with Gasteiger partial charge in [-0.25, -0.2) is 0 Å². The topological polar surface area (TPSA) is 26.3 Å². The number of aryl methyl sites for hydroxylation is 1. The maximum Gasteiger partial charge on any atom is 0.308 e. The zero-order chi connectivity index (χ0) is 12.3. The Hall–Kier alpha value is -1.57. The van der Waals surface area contributed by atoms with Gasteiger partial charge >= 0.3 is 5.97 Å². The third-order valence-corrected chi connectivity index (χ3v) is 3.37. The predicted molar refractivity (Wildman–Crippen MR) is 68.5 cm³/mol. The molecule has 2 rings (SSSR count). The van der Waals surface area contributed by atoms with E-state index in [0.717, 1.165) is 19.3 Å². The van der Waals surface area contributed by atoms with Gasteiger partial charge in [0.15, 0.2) is 0 Å². The molecule has 0 amide bonds. The number of hydrogen-bond donors (Lipinski definition) is 0. The molecule has 0 aliphatic heterocycles. The number of ether oxygens (including phenoxy) is 1. The number of esters is 1. The van der Waals surface area contributed by atoms with E-state index in [4.69, 9.17) is 4.74 Å². The van der Waals surface area contributed by atoms with E-state index in [0.29, 0.717) is 0 Å². The van der Waals surface area contributed by atoms with Gasteiger partial charge in [-0.05, 0) is 37.3 Å². The van der Waals surface area contributed by atoms with Gasteiger partial charge in [0.25, 0.3) is 0 Å². The normalized spacial score (nSPS) is 19.6. The molecule has 0 spiro atoms. The predicted octanol–water partition coefficient (Wildman–Crippen LogP) is 3.35. The molecule has 0 saturated carbocycles. The van der Waals surface area contributed by atoms with Crippen LogP contribution in [-0.2, 0) is 9.53 Å². The largest absolute Gasteiger partial charge is 0.469 e. The zero-order valence-corrected chi connectivity index (χ0v) is 10.4. The van der Waals surface area contributed by atoms with E-state index < -0.39 is 0 Å². The Bertz CT molecular complexity index is 429. The van der Waals surface area contributed by atoms with Crippen LogP contribution in [0.5, 0.6) is 0 Å². The molecule has 90 valence electrons. The minimum absolute atomic E-state index is 0.0502. The molecule has 17 heavy (non-hydrogen) atoms. The quantitative estimate of drug-likeness (QED) is 0.728. The van der Waals surface area contributed by atoms with Crippen LogP contribution < -0.4 is 0 Å². The summed E-state index contributed by atoms with van der Waals surface area (Å²) < 4.78 is 4.78. The Balaban J connectivity index is 2.08. The first-order valence-corrected chi connectivity index (χ1v) is 6.04. The van der Waals surface area contributed by atoms with Gasteiger partial charge in [0, 0.05) is 0 Å². The van der Waals surface area contributed by atoms with Gasteiger partial charge in [0.1, 0.15) is 0 Å². The maximum absolute atomic E-state index is 11.4. The number of carbonyl (C=O) groups is 1. The highest BCUT2D eigenvalue weighted by Crippen LogP contribution is 2.30. The molecule has 0 aromatic heterocycles. The molecule has 0 fully saturated rings. The molecule has 0 N–H and O–H groups in total. The summed E-state index contributed by atoms with van der Waals surface area (Å²) in [6, 6.07) is 8.56. The van der Waals surface area contributed by atoms with E-state index in [1.165, 1.54) is 23.8 Å². The summed E-state index contributed by atoms with van der Waals surface area (Å²) in [5, 5.41) is 0. The fourth-order valence-electron chi connectivity index (χ4n) is 2.24. The smallest absolute Gasteiger partial charge is 0.308 e. The number of methoxy groups -OCH3 is 1. The lowest BCUT2D eigenvalue weighted by atomic mass is 9.86. The third-order valence-electron chi connectivity index (χ3n) is 3.37. The fourth-order valence-corrected chi connectivity index (χ4v) is 2.24. The van der Waals surface area contributed by atoms with Crippen LogP contribution in [0, 0.1) is 12.8 Å². The standard InChI is InChI=1S/C15H18O2/c1-11-3-5-12(6-4-11)13-7-9-14(10-8-13)15(16)17-2/h3-7,14H,8-10H2,1-2H3. The van der Waals surface area contributed by atoms with Gasteiger partial charge in [-0.15, -0.1) is 0 Å². The summed E-state index contributed by atoms with van der Waals surface area (Å²) in [5.74, 6) is -0.0293. The van der Waals surface area contributed by atoms with Crippen molar-refractivity contribution >= 4 is 11.5 Å². The maximum atomic E-state index is 11.4. The summed E-state index contributed by atoms with van der Waals surface area (Å²) in [4.78, 5) is 11.4. The highest BCUT2D eigenvalue weighted by atomic mass is 16.5. The minimum Gasteiger partial charge on any atom is -0.469 e. The number of rotatable bonds is 2. The summed E-state index contributed by atoms with van der Waals surface area (Å²) in [7, 11) is 1.46. The number of carbonyl (C=O) groups excluding carboxylic acids is 1. The van der Waals surface area contributed by atoms with Crippen molar-refractivity contribution in [3.63, 3.8) is 0 Å². The van der Waals surface area contributed by atoms with Gasteiger partial charge in [0.2, 0.25) is 0 Å². The van der Waals surface area contributed by atoms with Gasteiger partial charge in [0.05, 0.1) is 13.0 Å². The van der Waals surface area contributed by atoms with E-state index >= 15 is 0 Å². The van der Waals surface area contributed by atoms with Crippen LogP contribution in [0.3, 0.4) is 0 Å². The third kappa shape index (κ3) is 2.76. The summed E-state index contributed by atoms with van der Waals surface area (Å²) >= 11 is 0. The van der Waals surface area contributed by atoms with Crippen LogP contribution in [0.25, 0.3) is 5.57 Å². The molecule has 2 nitrogen and oxygen atoms in total. The highest BCUT2D eigenvalue weighted by Gasteiger charge is 2.22. The van der Waals surface area contributed by atoms with Crippen LogP contribution in [0.1, 0.15) is 30.4 Å². The molecular formula is C15H18O2. The van der Waals surface area contributed by atoms with Crippen LogP contribution in [0.2, 0.25) is 0 Å².